The normalized spacial score (nSPS) is 18.8. The number of amides is 2. The van der Waals surface area contributed by atoms with Crippen LogP contribution in [0.15, 0.2) is 42.5 Å². The van der Waals surface area contributed by atoms with Crippen LogP contribution in [0.1, 0.15) is 6.42 Å². The molecular weight excluding hydrogens is 321 g/mol. The molecule has 2 atom stereocenters. The number of nitrogens with one attached hydrogen (secondary N) is 2. The molecule has 0 bridgehead atoms. The van der Waals surface area contributed by atoms with Gasteiger partial charge < -0.3 is 10.6 Å². The molecule has 7 heteroatoms. The zero-order valence-corrected chi connectivity index (χ0v) is 12.4. The second-order valence-electron chi connectivity index (χ2n) is 5.56. The molecule has 1 fully saturated rings. The highest BCUT2D eigenvalue weighted by Gasteiger charge is 2.48. The fourth-order valence-corrected chi connectivity index (χ4v) is 2.36. The largest absolute Gasteiger partial charge is 0.326 e. The molecule has 2 aromatic rings. The molecule has 0 heterocycles. The summed E-state index contributed by atoms with van der Waals surface area (Å²) in [5.41, 5.74) is 0.294. The van der Waals surface area contributed by atoms with Crippen LogP contribution in [0, 0.1) is 29.3 Å². The summed E-state index contributed by atoms with van der Waals surface area (Å²) in [5.74, 6) is -4.00. The zero-order valence-electron chi connectivity index (χ0n) is 12.4. The fraction of sp³-hybridized carbons (Fsp3) is 0.176. The van der Waals surface area contributed by atoms with Gasteiger partial charge in [-0.2, -0.15) is 0 Å². The lowest BCUT2D eigenvalue weighted by Gasteiger charge is -2.07. The topological polar surface area (TPSA) is 58.2 Å². The van der Waals surface area contributed by atoms with Crippen LogP contribution in [0.4, 0.5) is 24.5 Å². The van der Waals surface area contributed by atoms with Crippen LogP contribution in [0.2, 0.25) is 0 Å². The van der Waals surface area contributed by atoms with E-state index in [2.05, 4.69) is 10.6 Å². The first-order chi connectivity index (χ1) is 11.4. The maximum absolute atomic E-state index is 13.5. The Morgan fingerprint density at radius 1 is 0.833 bits per heavy atom. The average Bonchev–Trinajstić information content (AvgIpc) is 3.33. The van der Waals surface area contributed by atoms with Crippen molar-refractivity contribution in [2.45, 2.75) is 6.42 Å². The molecule has 1 saturated carbocycles. The molecule has 24 heavy (non-hydrogen) atoms. The van der Waals surface area contributed by atoms with Crippen LogP contribution in [0.5, 0.6) is 0 Å². The minimum atomic E-state index is -0.878. The molecule has 4 nitrogen and oxygen atoms in total. The first-order valence-corrected chi connectivity index (χ1v) is 7.26. The van der Waals surface area contributed by atoms with Crippen LogP contribution in [-0.4, -0.2) is 11.8 Å². The minimum Gasteiger partial charge on any atom is -0.326 e. The van der Waals surface area contributed by atoms with Crippen molar-refractivity contribution in [2.24, 2.45) is 11.8 Å². The Labute approximate surface area is 135 Å². The van der Waals surface area contributed by atoms with Gasteiger partial charge in [0.05, 0.1) is 17.5 Å². The summed E-state index contributed by atoms with van der Waals surface area (Å²) in [6.45, 7) is 0. The quantitative estimate of drug-likeness (QED) is 0.901. The summed E-state index contributed by atoms with van der Waals surface area (Å²) in [6.07, 6.45) is 0.335. The van der Waals surface area contributed by atoms with Gasteiger partial charge in [-0.25, -0.2) is 13.2 Å². The van der Waals surface area contributed by atoms with Gasteiger partial charge in [-0.1, -0.05) is 0 Å². The summed E-state index contributed by atoms with van der Waals surface area (Å²) in [5, 5.41) is 4.93. The molecule has 0 aromatic heterocycles. The highest BCUT2D eigenvalue weighted by Crippen LogP contribution is 2.40. The van der Waals surface area contributed by atoms with Crippen molar-refractivity contribution in [1.82, 2.24) is 0 Å². The van der Waals surface area contributed by atoms with Gasteiger partial charge in [0.15, 0.2) is 0 Å². The molecule has 2 aromatic carbocycles. The average molecular weight is 334 g/mol. The van der Waals surface area contributed by atoms with E-state index in [1.807, 2.05) is 0 Å². The molecule has 2 N–H and O–H groups in total. The monoisotopic (exact) mass is 334 g/mol. The van der Waals surface area contributed by atoms with E-state index in [1.54, 1.807) is 0 Å². The lowest BCUT2D eigenvalue weighted by molar-refractivity contribution is -0.122. The van der Waals surface area contributed by atoms with E-state index in [9.17, 15) is 22.8 Å². The van der Waals surface area contributed by atoms with Crippen LogP contribution < -0.4 is 10.6 Å². The second kappa shape index (κ2) is 6.35. The van der Waals surface area contributed by atoms with Gasteiger partial charge in [0, 0.05) is 11.8 Å². The highest BCUT2D eigenvalue weighted by atomic mass is 19.1. The minimum absolute atomic E-state index is 0.133. The zero-order chi connectivity index (χ0) is 17.3. The third-order valence-electron chi connectivity index (χ3n) is 3.76. The number of anilines is 2. The number of halogens is 3. The van der Waals surface area contributed by atoms with Crippen molar-refractivity contribution in [2.75, 3.05) is 10.6 Å². The summed E-state index contributed by atoms with van der Waals surface area (Å²) in [6, 6.07) is 8.08. The van der Waals surface area contributed by atoms with E-state index >= 15 is 0 Å². The summed E-state index contributed by atoms with van der Waals surface area (Å²) < 4.78 is 39.1. The first kappa shape index (κ1) is 16.0. The van der Waals surface area contributed by atoms with E-state index in [0.717, 1.165) is 12.1 Å². The van der Waals surface area contributed by atoms with E-state index in [0.29, 0.717) is 18.2 Å². The van der Waals surface area contributed by atoms with Gasteiger partial charge in [-0.05, 0) is 42.8 Å². The lowest BCUT2D eigenvalue weighted by Crippen LogP contribution is -2.21. The summed E-state index contributed by atoms with van der Waals surface area (Å²) in [7, 11) is 0. The smallest absolute Gasteiger partial charge is 0.228 e. The number of carbonyl (C=O) groups is 2. The maximum atomic E-state index is 13.5. The van der Waals surface area contributed by atoms with Gasteiger partial charge in [-0.3, -0.25) is 9.59 Å². The predicted octanol–water partition coefficient (Wildman–Crippen LogP) is 3.32. The van der Waals surface area contributed by atoms with E-state index in [4.69, 9.17) is 0 Å². The van der Waals surface area contributed by atoms with E-state index < -0.39 is 35.2 Å². The van der Waals surface area contributed by atoms with Crippen molar-refractivity contribution < 1.29 is 22.8 Å². The number of carbonyl (C=O) groups excluding carboxylic acids is 2. The van der Waals surface area contributed by atoms with Crippen molar-refractivity contribution in [3.63, 3.8) is 0 Å². The van der Waals surface area contributed by atoms with Gasteiger partial charge in [-0.15, -0.1) is 0 Å². The number of hydrogen-bond donors (Lipinski definition) is 2. The molecule has 0 saturated heterocycles. The Balaban J connectivity index is 1.57. The third kappa shape index (κ3) is 3.56. The van der Waals surface area contributed by atoms with Crippen molar-refractivity contribution in [3.8, 4) is 0 Å². The second-order valence-corrected chi connectivity index (χ2v) is 5.56. The molecule has 124 valence electrons. The fourth-order valence-electron chi connectivity index (χ4n) is 2.36. The maximum Gasteiger partial charge on any atom is 0.228 e. The van der Waals surface area contributed by atoms with Crippen LogP contribution in [-0.2, 0) is 9.59 Å². The van der Waals surface area contributed by atoms with Crippen molar-refractivity contribution >= 4 is 23.2 Å². The predicted molar refractivity (Wildman–Crippen MR) is 81.6 cm³/mol. The Kier molecular flexibility index (Phi) is 4.24. The van der Waals surface area contributed by atoms with Crippen LogP contribution in [0.25, 0.3) is 0 Å². The van der Waals surface area contributed by atoms with Crippen LogP contribution >= 0.6 is 0 Å². The molecule has 2 unspecified atom stereocenters. The molecule has 0 radical (unpaired) electrons. The molecule has 3 rings (SSSR count). The summed E-state index contributed by atoms with van der Waals surface area (Å²) >= 11 is 0. The Morgan fingerprint density at radius 2 is 1.42 bits per heavy atom. The lowest BCUT2D eigenvalue weighted by atomic mass is 10.2. The molecule has 0 aliphatic heterocycles. The third-order valence-corrected chi connectivity index (χ3v) is 3.76. The molecule has 1 aliphatic carbocycles. The van der Waals surface area contributed by atoms with Gasteiger partial charge >= 0.3 is 0 Å². The van der Waals surface area contributed by atoms with Crippen molar-refractivity contribution in [1.29, 1.82) is 0 Å². The van der Waals surface area contributed by atoms with E-state index in [1.165, 1.54) is 24.3 Å². The standard InChI is InChI=1S/C17H13F3N2O2/c18-9-1-4-11(5-2-9)21-16(23)12-8-13(12)17(24)22-15-6-3-10(19)7-14(15)20/h1-7,12-13H,8H2,(H,21,23)(H,22,24). The Hall–Kier alpha value is -2.83. The molecule has 1 aliphatic rings. The van der Waals surface area contributed by atoms with Gasteiger partial charge in [0.25, 0.3) is 0 Å². The number of benzene rings is 2. The summed E-state index contributed by atoms with van der Waals surface area (Å²) in [4.78, 5) is 24.1. The van der Waals surface area contributed by atoms with Gasteiger partial charge in [0.1, 0.15) is 17.5 Å². The molecule has 0 spiro atoms. The van der Waals surface area contributed by atoms with Crippen LogP contribution in [0.3, 0.4) is 0 Å². The number of hydrogen-bond acceptors (Lipinski definition) is 2. The van der Waals surface area contributed by atoms with Crippen molar-refractivity contribution in [3.05, 3.63) is 59.9 Å². The molecular formula is C17H13F3N2O2. The Morgan fingerprint density at radius 3 is 2.04 bits per heavy atom. The number of rotatable bonds is 4. The SMILES string of the molecule is O=C(Nc1ccc(F)cc1)C1CC1C(=O)Nc1ccc(F)cc1F. The highest BCUT2D eigenvalue weighted by molar-refractivity contribution is 6.03. The van der Waals surface area contributed by atoms with Gasteiger partial charge in [0.2, 0.25) is 11.8 Å². The van der Waals surface area contributed by atoms with E-state index in [-0.39, 0.29) is 11.6 Å². The first-order valence-electron chi connectivity index (χ1n) is 7.26. The molecule has 2 amide bonds. The Bertz CT molecular complexity index is 793.